The molecule has 0 aromatic heterocycles. The van der Waals surface area contributed by atoms with E-state index in [0.29, 0.717) is 18.2 Å². The van der Waals surface area contributed by atoms with E-state index < -0.39 is 6.23 Å². The Hall–Kier alpha value is -1.42. The molecule has 0 saturated carbocycles. The highest BCUT2D eigenvalue weighted by Gasteiger charge is 2.30. The molecule has 4 nitrogen and oxygen atoms in total. The van der Waals surface area contributed by atoms with Crippen LogP contribution in [0.25, 0.3) is 0 Å². The van der Waals surface area contributed by atoms with Gasteiger partial charge in [0.2, 0.25) is 6.23 Å². The number of carbonyl (C=O) groups is 1. The number of nitrogens with zero attached hydrogens (tertiary/aromatic N) is 1. The van der Waals surface area contributed by atoms with E-state index in [4.69, 9.17) is 21.1 Å². The smallest absolute Gasteiger partial charge is 0.229 e. The Morgan fingerprint density at radius 1 is 1.59 bits per heavy atom. The summed E-state index contributed by atoms with van der Waals surface area (Å²) in [5.41, 5.74) is 0.881. The molecule has 0 radical (unpaired) electrons. The van der Waals surface area contributed by atoms with Crippen molar-refractivity contribution >= 4 is 23.6 Å². The van der Waals surface area contributed by atoms with Crippen LogP contribution in [0.15, 0.2) is 18.2 Å². The summed E-state index contributed by atoms with van der Waals surface area (Å²) in [4.78, 5) is 12.9. The Labute approximate surface area is 105 Å². The van der Waals surface area contributed by atoms with Crippen molar-refractivity contribution in [2.75, 3.05) is 24.4 Å². The molecule has 2 rings (SSSR count). The van der Waals surface area contributed by atoms with Gasteiger partial charge in [0.1, 0.15) is 11.5 Å². The van der Waals surface area contributed by atoms with E-state index in [-0.39, 0.29) is 0 Å². The van der Waals surface area contributed by atoms with E-state index in [1.54, 1.807) is 7.11 Å². The van der Waals surface area contributed by atoms with Gasteiger partial charge in [0.25, 0.3) is 0 Å². The third-order valence-electron chi connectivity index (χ3n) is 2.68. The quantitative estimate of drug-likeness (QED) is 0.596. The molecule has 1 atom stereocenters. The number of carbonyl (C=O) groups excluding carboxylic acids is 1. The Bertz CT molecular complexity index is 411. The van der Waals surface area contributed by atoms with Crippen LogP contribution in [0.3, 0.4) is 0 Å². The zero-order valence-corrected chi connectivity index (χ0v) is 10.3. The summed E-state index contributed by atoms with van der Waals surface area (Å²) in [5, 5.41) is 0. The fraction of sp³-hybridized carbons (Fsp3) is 0.417. The first-order chi connectivity index (χ1) is 8.30. The molecule has 0 fully saturated rings. The molecule has 92 valence electrons. The van der Waals surface area contributed by atoms with Crippen LogP contribution in [0.2, 0.25) is 0 Å². The number of halogens is 1. The van der Waals surface area contributed by atoms with Crippen LogP contribution in [0.1, 0.15) is 6.42 Å². The second-order valence-electron chi connectivity index (χ2n) is 3.71. The average Bonchev–Trinajstić information content (AvgIpc) is 2.73. The number of hydrogen-bond acceptors (Lipinski definition) is 4. The molecule has 0 saturated heterocycles. The first kappa shape index (κ1) is 12.0. The Kier molecular flexibility index (Phi) is 3.74. The highest BCUT2D eigenvalue weighted by atomic mass is 35.5. The molecule has 1 aliphatic heterocycles. The van der Waals surface area contributed by atoms with Gasteiger partial charge in [-0.1, -0.05) is 0 Å². The van der Waals surface area contributed by atoms with Gasteiger partial charge in [-0.25, -0.2) is 0 Å². The van der Waals surface area contributed by atoms with E-state index in [1.807, 2.05) is 23.1 Å². The Morgan fingerprint density at radius 3 is 3.06 bits per heavy atom. The molecule has 1 aromatic carbocycles. The first-order valence-corrected chi connectivity index (χ1v) is 5.96. The van der Waals surface area contributed by atoms with Gasteiger partial charge in [-0.15, -0.1) is 11.6 Å². The van der Waals surface area contributed by atoms with Gasteiger partial charge in [-0.05, 0) is 18.6 Å². The predicted octanol–water partition coefficient (Wildman–Crippen LogP) is 2.05. The number of fused-ring (bicyclic) bond motifs is 1. The lowest BCUT2D eigenvalue weighted by molar-refractivity contribution is -0.113. The zero-order chi connectivity index (χ0) is 12.3. The Morgan fingerprint density at radius 2 is 2.41 bits per heavy atom. The maximum Gasteiger partial charge on any atom is 0.229 e. The summed E-state index contributed by atoms with van der Waals surface area (Å²) in [7, 11) is 1.61. The van der Waals surface area contributed by atoms with Crippen molar-refractivity contribution in [2.24, 2.45) is 0 Å². The van der Waals surface area contributed by atoms with E-state index in [0.717, 1.165) is 24.1 Å². The van der Waals surface area contributed by atoms with E-state index in [2.05, 4.69) is 0 Å². The SMILES string of the molecule is COc1ccc2c(c1)N(CCCCl)C(C=O)O2. The molecule has 5 heteroatoms. The van der Waals surface area contributed by atoms with Crippen molar-refractivity contribution in [1.82, 2.24) is 0 Å². The monoisotopic (exact) mass is 255 g/mol. The standard InChI is InChI=1S/C12H14ClNO3/c1-16-9-3-4-11-10(7-9)14(6-2-5-13)12(8-15)17-11/h3-4,7-8,12H,2,5-6H2,1H3. The summed E-state index contributed by atoms with van der Waals surface area (Å²) in [6.45, 7) is 0.688. The number of alkyl halides is 1. The van der Waals surface area contributed by atoms with Gasteiger partial charge in [0.15, 0.2) is 6.29 Å². The minimum atomic E-state index is -0.555. The third-order valence-corrected chi connectivity index (χ3v) is 2.95. The van der Waals surface area contributed by atoms with Crippen LogP contribution < -0.4 is 14.4 Å². The average molecular weight is 256 g/mol. The summed E-state index contributed by atoms with van der Waals surface area (Å²) < 4.78 is 10.7. The zero-order valence-electron chi connectivity index (χ0n) is 9.56. The molecule has 1 aromatic rings. The van der Waals surface area contributed by atoms with Crippen molar-refractivity contribution in [2.45, 2.75) is 12.6 Å². The van der Waals surface area contributed by atoms with Crippen molar-refractivity contribution in [3.8, 4) is 11.5 Å². The highest BCUT2D eigenvalue weighted by molar-refractivity contribution is 6.17. The molecular weight excluding hydrogens is 242 g/mol. The topological polar surface area (TPSA) is 38.8 Å². The normalized spacial score (nSPS) is 17.5. The fourth-order valence-electron chi connectivity index (χ4n) is 1.86. The lowest BCUT2D eigenvalue weighted by Gasteiger charge is -2.20. The minimum Gasteiger partial charge on any atom is -0.497 e. The van der Waals surface area contributed by atoms with Gasteiger partial charge in [0, 0.05) is 18.5 Å². The molecule has 1 aliphatic rings. The van der Waals surface area contributed by atoms with Crippen molar-refractivity contribution in [1.29, 1.82) is 0 Å². The minimum absolute atomic E-state index is 0.555. The maximum absolute atomic E-state index is 11.0. The molecule has 0 N–H and O–H groups in total. The van der Waals surface area contributed by atoms with E-state index >= 15 is 0 Å². The number of ether oxygens (including phenoxy) is 2. The third kappa shape index (κ3) is 2.31. The van der Waals surface area contributed by atoms with Crippen LogP contribution in [-0.2, 0) is 4.79 Å². The van der Waals surface area contributed by atoms with Crippen LogP contribution in [0.5, 0.6) is 11.5 Å². The van der Waals surface area contributed by atoms with Crippen molar-refractivity contribution < 1.29 is 14.3 Å². The lowest BCUT2D eigenvalue weighted by atomic mass is 10.2. The fourth-order valence-corrected chi connectivity index (χ4v) is 1.98. The van der Waals surface area contributed by atoms with Gasteiger partial charge in [-0.2, -0.15) is 0 Å². The number of benzene rings is 1. The summed E-state index contributed by atoms with van der Waals surface area (Å²) in [6, 6.07) is 5.49. The van der Waals surface area contributed by atoms with E-state index in [9.17, 15) is 4.79 Å². The number of anilines is 1. The molecule has 0 aliphatic carbocycles. The molecule has 0 bridgehead atoms. The molecule has 1 heterocycles. The molecule has 17 heavy (non-hydrogen) atoms. The second-order valence-corrected chi connectivity index (χ2v) is 4.09. The highest BCUT2D eigenvalue weighted by Crippen LogP contribution is 2.39. The van der Waals surface area contributed by atoms with Gasteiger partial charge in [0.05, 0.1) is 12.8 Å². The molecular formula is C12H14ClNO3. The number of aldehydes is 1. The Balaban J connectivity index is 2.27. The lowest BCUT2D eigenvalue weighted by Crippen LogP contribution is -2.36. The summed E-state index contributed by atoms with van der Waals surface area (Å²) in [6.07, 6.45) is 1.03. The summed E-state index contributed by atoms with van der Waals surface area (Å²) in [5.74, 6) is 2.01. The number of methoxy groups -OCH3 is 1. The first-order valence-electron chi connectivity index (χ1n) is 5.42. The molecule has 0 amide bonds. The van der Waals surface area contributed by atoms with Crippen molar-refractivity contribution in [3.05, 3.63) is 18.2 Å². The van der Waals surface area contributed by atoms with Crippen LogP contribution >= 0.6 is 11.6 Å². The van der Waals surface area contributed by atoms with Gasteiger partial charge in [-0.3, -0.25) is 4.79 Å². The molecule has 0 spiro atoms. The summed E-state index contributed by atoms with van der Waals surface area (Å²) >= 11 is 5.68. The van der Waals surface area contributed by atoms with Crippen LogP contribution in [-0.4, -0.2) is 32.0 Å². The predicted molar refractivity (Wildman–Crippen MR) is 66.2 cm³/mol. The number of rotatable bonds is 5. The van der Waals surface area contributed by atoms with Crippen LogP contribution in [0, 0.1) is 0 Å². The van der Waals surface area contributed by atoms with E-state index in [1.165, 1.54) is 0 Å². The van der Waals surface area contributed by atoms with Crippen LogP contribution in [0.4, 0.5) is 5.69 Å². The molecule has 1 unspecified atom stereocenters. The van der Waals surface area contributed by atoms with Crippen molar-refractivity contribution in [3.63, 3.8) is 0 Å². The maximum atomic E-state index is 11.0. The second kappa shape index (κ2) is 5.27. The number of hydrogen-bond donors (Lipinski definition) is 0. The van der Waals surface area contributed by atoms with Gasteiger partial charge >= 0.3 is 0 Å². The largest absolute Gasteiger partial charge is 0.497 e. The van der Waals surface area contributed by atoms with Gasteiger partial charge < -0.3 is 14.4 Å².